The lowest BCUT2D eigenvalue weighted by Gasteiger charge is -2.33. The number of carbonyl (C=O) groups is 1. The Kier molecular flexibility index (Phi) is 5.15. The molecule has 1 aliphatic heterocycles. The van der Waals surface area contributed by atoms with Gasteiger partial charge in [-0.15, -0.1) is 0 Å². The number of nitrogens with zero attached hydrogens (tertiary/aromatic N) is 3. The average Bonchev–Trinajstić information content (AvgIpc) is 3.11. The van der Waals surface area contributed by atoms with Crippen LogP contribution in [0.1, 0.15) is 41.6 Å². The minimum absolute atomic E-state index is 0.143. The molecule has 0 radical (unpaired) electrons. The molecule has 26 heavy (non-hydrogen) atoms. The first-order valence-corrected chi connectivity index (χ1v) is 8.41. The molecule has 1 unspecified atom stereocenters. The first-order chi connectivity index (χ1) is 12.4. The predicted molar refractivity (Wildman–Crippen MR) is 87.8 cm³/mol. The minimum Gasteiger partial charge on any atom is -0.355 e. The Hall–Kier alpha value is -2.58. The van der Waals surface area contributed by atoms with Crippen molar-refractivity contribution in [3.63, 3.8) is 0 Å². The number of nitrogens with one attached hydrogen (secondary N) is 1. The van der Waals surface area contributed by atoms with E-state index >= 15 is 0 Å². The van der Waals surface area contributed by atoms with E-state index in [1.807, 2.05) is 11.8 Å². The van der Waals surface area contributed by atoms with Crippen molar-refractivity contribution < 1.29 is 22.5 Å². The summed E-state index contributed by atoms with van der Waals surface area (Å²) in [5.41, 5.74) is -0.0745. The second kappa shape index (κ2) is 7.35. The molecule has 1 amide bonds. The van der Waals surface area contributed by atoms with Crippen LogP contribution in [0.2, 0.25) is 0 Å². The fraction of sp³-hybridized carbons (Fsp3) is 0.471. The smallest absolute Gasteiger partial charge is 0.355 e. The van der Waals surface area contributed by atoms with Gasteiger partial charge in [-0.05, 0) is 31.4 Å². The maximum Gasteiger partial charge on any atom is 0.417 e. The number of piperidine rings is 1. The van der Waals surface area contributed by atoms with E-state index in [1.165, 1.54) is 6.07 Å². The Labute approximate surface area is 148 Å². The van der Waals surface area contributed by atoms with Crippen LogP contribution in [0.4, 0.5) is 19.0 Å². The van der Waals surface area contributed by atoms with Gasteiger partial charge in [0.25, 0.3) is 5.91 Å². The van der Waals surface area contributed by atoms with E-state index in [0.29, 0.717) is 31.0 Å². The summed E-state index contributed by atoms with van der Waals surface area (Å²) in [7, 11) is 0. The van der Waals surface area contributed by atoms with Gasteiger partial charge in [-0.3, -0.25) is 4.79 Å². The number of alkyl halides is 3. The molecular weight excluding hydrogens is 349 g/mol. The van der Waals surface area contributed by atoms with Gasteiger partial charge < -0.3 is 14.7 Å². The van der Waals surface area contributed by atoms with Gasteiger partial charge in [0.2, 0.25) is 5.76 Å². The summed E-state index contributed by atoms with van der Waals surface area (Å²) in [5.74, 6) is 0.279. The van der Waals surface area contributed by atoms with Crippen molar-refractivity contribution in [3.05, 3.63) is 41.4 Å². The highest BCUT2D eigenvalue weighted by Crippen LogP contribution is 2.29. The molecule has 140 valence electrons. The molecule has 0 saturated carbocycles. The number of hydrogen-bond acceptors (Lipinski definition) is 5. The largest absolute Gasteiger partial charge is 0.417 e. The number of pyridine rings is 1. The Morgan fingerprint density at radius 2 is 2.23 bits per heavy atom. The summed E-state index contributed by atoms with van der Waals surface area (Å²) in [4.78, 5) is 18.0. The predicted octanol–water partition coefficient (Wildman–Crippen LogP) is 3.05. The molecule has 6 nitrogen and oxygen atoms in total. The Bertz CT molecular complexity index is 758. The third-order valence-corrected chi connectivity index (χ3v) is 4.30. The van der Waals surface area contributed by atoms with Crippen molar-refractivity contribution in [2.75, 3.05) is 18.0 Å². The van der Waals surface area contributed by atoms with Crippen LogP contribution in [0.3, 0.4) is 0 Å². The SMILES string of the molecule is CCc1cc(C(=O)NC2CCCN(c3ccc(C(F)(F)F)cn3)C2)on1. The van der Waals surface area contributed by atoms with Crippen molar-refractivity contribution in [1.82, 2.24) is 15.5 Å². The number of halogens is 3. The van der Waals surface area contributed by atoms with Gasteiger partial charge in [-0.1, -0.05) is 12.1 Å². The fourth-order valence-electron chi connectivity index (χ4n) is 2.89. The minimum atomic E-state index is -4.40. The lowest BCUT2D eigenvalue weighted by molar-refractivity contribution is -0.137. The summed E-state index contributed by atoms with van der Waals surface area (Å²) < 4.78 is 42.9. The number of amides is 1. The van der Waals surface area contributed by atoms with E-state index in [9.17, 15) is 18.0 Å². The average molecular weight is 368 g/mol. The van der Waals surface area contributed by atoms with E-state index in [0.717, 1.165) is 25.1 Å². The molecule has 0 bridgehead atoms. The lowest BCUT2D eigenvalue weighted by atomic mass is 10.1. The van der Waals surface area contributed by atoms with Crippen LogP contribution in [-0.4, -0.2) is 35.2 Å². The fourth-order valence-corrected chi connectivity index (χ4v) is 2.89. The van der Waals surface area contributed by atoms with Crippen LogP contribution in [0.5, 0.6) is 0 Å². The van der Waals surface area contributed by atoms with Gasteiger partial charge in [-0.2, -0.15) is 13.2 Å². The molecule has 1 atom stereocenters. The van der Waals surface area contributed by atoms with Gasteiger partial charge in [-0.25, -0.2) is 4.98 Å². The molecule has 1 aliphatic rings. The zero-order valence-electron chi connectivity index (χ0n) is 14.2. The Morgan fingerprint density at radius 1 is 1.42 bits per heavy atom. The van der Waals surface area contributed by atoms with E-state index < -0.39 is 11.7 Å². The molecule has 2 aromatic rings. The van der Waals surface area contributed by atoms with Crippen molar-refractivity contribution in [2.45, 2.75) is 38.4 Å². The van der Waals surface area contributed by atoms with Gasteiger partial charge in [0.15, 0.2) is 0 Å². The van der Waals surface area contributed by atoms with Gasteiger partial charge in [0, 0.05) is 31.4 Å². The topological polar surface area (TPSA) is 71.3 Å². The first-order valence-electron chi connectivity index (χ1n) is 8.41. The number of hydrogen-bond donors (Lipinski definition) is 1. The van der Waals surface area contributed by atoms with Gasteiger partial charge in [0.05, 0.1) is 11.3 Å². The lowest BCUT2D eigenvalue weighted by Crippen LogP contribution is -2.48. The number of carbonyl (C=O) groups excluding carboxylic acids is 1. The van der Waals surface area contributed by atoms with Crippen LogP contribution in [0, 0.1) is 0 Å². The summed E-state index contributed by atoms with van der Waals surface area (Å²) in [5, 5.41) is 6.68. The molecule has 1 N–H and O–H groups in total. The molecule has 0 aliphatic carbocycles. The van der Waals surface area contributed by atoms with E-state index in [2.05, 4.69) is 15.5 Å². The van der Waals surface area contributed by atoms with Gasteiger partial charge in [0.1, 0.15) is 5.82 Å². The number of aryl methyl sites for hydroxylation is 1. The zero-order valence-corrected chi connectivity index (χ0v) is 14.2. The van der Waals surface area contributed by atoms with Crippen LogP contribution in [0.25, 0.3) is 0 Å². The van der Waals surface area contributed by atoms with Gasteiger partial charge >= 0.3 is 6.18 Å². The molecule has 1 saturated heterocycles. The molecule has 2 aromatic heterocycles. The standard InChI is InChI=1S/C17H19F3N4O2/c1-2-12-8-14(26-23-12)16(25)22-13-4-3-7-24(10-13)15-6-5-11(9-21-15)17(18,19)20/h5-6,8-9,13H,2-4,7,10H2,1H3,(H,22,25). The van der Waals surface area contributed by atoms with Crippen LogP contribution in [0.15, 0.2) is 28.9 Å². The van der Waals surface area contributed by atoms with Crippen molar-refractivity contribution in [3.8, 4) is 0 Å². The van der Waals surface area contributed by atoms with Crippen molar-refractivity contribution in [2.24, 2.45) is 0 Å². The third kappa shape index (κ3) is 4.14. The molecule has 1 fully saturated rings. The molecule has 3 heterocycles. The summed E-state index contributed by atoms with van der Waals surface area (Å²) >= 11 is 0. The van der Waals surface area contributed by atoms with Crippen LogP contribution in [-0.2, 0) is 12.6 Å². The summed E-state index contributed by atoms with van der Waals surface area (Å²) in [6.07, 6.45) is -1.33. The quantitative estimate of drug-likeness (QED) is 0.898. The number of anilines is 1. The highest BCUT2D eigenvalue weighted by atomic mass is 19.4. The number of rotatable bonds is 4. The third-order valence-electron chi connectivity index (χ3n) is 4.30. The van der Waals surface area contributed by atoms with E-state index in [4.69, 9.17) is 4.52 Å². The second-order valence-corrected chi connectivity index (χ2v) is 6.20. The van der Waals surface area contributed by atoms with E-state index in [1.54, 1.807) is 6.07 Å². The molecule has 3 rings (SSSR count). The maximum atomic E-state index is 12.6. The molecule has 9 heteroatoms. The Morgan fingerprint density at radius 3 is 2.85 bits per heavy atom. The molecular formula is C17H19F3N4O2. The maximum absolute atomic E-state index is 12.6. The monoisotopic (exact) mass is 368 g/mol. The highest BCUT2D eigenvalue weighted by molar-refractivity contribution is 5.91. The molecule has 0 aromatic carbocycles. The normalized spacial score (nSPS) is 18.0. The van der Waals surface area contributed by atoms with Crippen LogP contribution >= 0.6 is 0 Å². The Balaban J connectivity index is 1.62. The first kappa shape index (κ1) is 18.2. The molecule has 0 spiro atoms. The zero-order chi connectivity index (χ0) is 18.7. The highest BCUT2D eigenvalue weighted by Gasteiger charge is 2.31. The summed E-state index contributed by atoms with van der Waals surface area (Å²) in [6, 6.07) is 3.84. The summed E-state index contributed by atoms with van der Waals surface area (Å²) in [6.45, 7) is 3.06. The van der Waals surface area contributed by atoms with Crippen LogP contribution < -0.4 is 10.2 Å². The second-order valence-electron chi connectivity index (χ2n) is 6.20. The number of aromatic nitrogens is 2. The van der Waals surface area contributed by atoms with Crippen molar-refractivity contribution >= 4 is 11.7 Å². The van der Waals surface area contributed by atoms with Crippen molar-refractivity contribution in [1.29, 1.82) is 0 Å². The van der Waals surface area contributed by atoms with E-state index in [-0.39, 0.29) is 17.7 Å².